The molecular weight excluding hydrogens is 268 g/mol. The van der Waals surface area contributed by atoms with Gasteiger partial charge in [0.2, 0.25) is 0 Å². The summed E-state index contributed by atoms with van der Waals surface area (Å²) in [6, 6.07) is 15.0. The normalized spacial score (nSPS) is 10.7. The van der Waals surface area contributed by atoms with Crippen molar-refractivity contribution in [2.24, 2.45) is 0 Å². The molecule has 0 saturated heterocycles. The molecule has 2 aromatic carbocycles. The molecule has 0 aliphatic heterocycles. The Labute approximate surface area is 121 Å². The Balaban J connectivity index is 2.25. The van der Waals surface area contributed by atoms with Gasteiger partial charge < -0.3 is 9.84 Å². The highest BCUT2D eigenvalue weighted by molar-refractivity contribution is 5.87. The van der Waals surface area contributed by atoms with Gasteiger partial charge in [0.1, 0.15) is 5.75 Å². The molecule has 0 amide bonds. The van der Waals surface area contributed by atoms with E-state index in [1.165, 1.54) is 0 Å². The number of ether oxygens (including phenoxy) is 1. The Morgan fingerprint density at radius 3 is 2.67 bits per heavy atom. The molecule has 3 rings (SSSR count). The van der Waals surface area contributed by atoms with Crippen LogP contribution in [0.4, 0.5) is 0 Å². The second-order valence-electron chi connectivity index (χ2n) is 4.65. The zero-order valence-electron chi connectivity index (χ0n) is 11.5. The van der Waals surface area contributed by atoms with Crippen LogP contribution in [0.3, 0.4) is 0 Å². The summed E-state index contributed by atoms with van der Waals surface area (Å²) in [5.74, 6) is -0.210. The predicted octanol–water partition coefficient (Wildman–Crippen LogP) is 2.66. The van der Waals surface area contributed by atoms with E-state index in [1.807, 2.05) is 48.5 Å². The second-order valence-corrected chi connectivity index (χ2v) is 4.65. The molecule has 1 heterocycles. The predicted molar refractivity (Wildman–Crippen MR) is 79.0 cm³/mol. The average molecular weight is 282 g/mol. The highest BCUT2D eigenvalue weighted by atomic mass is 16.5. The fourth-order valence-electron chi connectivity index (χ4n) is 2.34. The van der Waals surface area contributed by atoms with Crippen LogP contribution < -0.4 is 4.74 Å². The molecule has 0 aliphatic rings. The first-order valence-electron chi connectivity index (χ1n) is 6.52. The summed E-state index contributed by atoms with van der Waals surface area (Å²) in [6.45, 7) is 0. The molecule has 0 bridgehead atoms. The Kier molecular flexibility index (Phi) is 3.31. The molecule has 0 atom stereocenters. The van der Waals surface area contributed by atoms with Crippen molar-refractivity contribution < 1.29 is 14.6 Å². The maximum absolute atomic E-state index is 11.2. The van der Waals surface area contributed by atoms with Gasteiger partial charge in [-0.2, -0.15) is 5.10 Å². The number of methoxy groups -OCH3 is 1. The molecule has 5 nitrogen and oxygen atoms in total. The van der Waals surface area contributed by atoms with Gasteiger partial charge in [-0.05, 0) is 30.3 Å². The standard InChI is InChI=1S/C16H14N2O3/c1-21-12-7-8-14-13(9-12)15(10-16(19)20)18(17-14)11-5-3-2-4-6-11/h2-9H,10H2,1H3,(H,19,20). The monoisotopic (exact) mass is 282 g/mol. The molecule has 106 valence electrons. The Morgan fingerprint density at radius 1 is 1.24 bits per heavy atom. The highest BCUT2D eigenvalue weighted by Gasteiger charge is 2.16. The number of hydrogen-bond acceptors (Lipinski definition) is 3. The van der Waals surface area contributed by atoms with Crippen molar-refractivity contribution in [3.63, 3.8) is 0 Å². The minimum absolute atomic E-state index is 0.0986. The van der Waals surface area contributed by atoms with Crippen LogP contribution in [-0.2, 0) is 11.2 Å². The fraction of sp³-hybridized carbons (Fsp3) is 0.125. The third-order valence-electron chi connectivity index (χ3n) is 3.30. The number of para-hydroxylation sites is 1. The van der Waals surface area contributed by atoms with Gasteiger partial charge in [-0.3, -0.25) is 4.79 Å². The van der Waals surface area contributed by atoms with E-state index in [4.69, 9.17) is 4.74 Å². The lowest BCUT2D eigenvalue weighted by Crippen LogP contribution is -2.08. The zero-order valence-corrected chi connectivity index (χ0v) is 11.5. The molecule has 21 heavy (non-hydrogen) atoms. The van der Waals surface area contributed by atoms with E-state index in [0.717, 1.165) is 16.6 Å². The van der Waals surface area contributed by atoms with Crippen LogP contribution in [0.15, 0.2) is 48.5 Å². The van der Waals surface area contributed by atoms with Gasteiger partial charge in [-0.15, -0.1) is 0 Å². The van der Waals surface area contributed by atoms with Crippen molar-refractivity contribution in [2.75, 3.05) is 7.11 Å². The maximum Gasteiger partial charge on any atom is 0.309 e. The van der Waals surface area contributed by atoms with E-state index < -0.39 is 5.97 Å². The molecule has 1 aromatic heterocycles. The number of aromatic nitrogens is 2. The van der Waals surface area contributed by atoms with Gasteiger partial charge in [0.25, 0.3) is 0 Å². The molecule has 0 radical (unpaired) electrons. The van der Waals surface area contributed by atoms with Gasteiger partial charge in [0.15, 0.2) is 0 Å². The summed E-state index contributed by atoms with van der Waals surface area (Å²) < 4.78 is 6.89. The van der Waals surface area contributed by atoms with Crippen molar-refractivity contribution in [1.82, 2.24) is 9.78 Å². The van der Waals surface area contributed by atoms with E-state index in [9.17, 15) is 9.90 Å². The molecule has 3 aromatic rings. The highest BCUT2D eigenvalue weighted by Crippen LogP contribution is 2.26. The van der Waals surface area contributed by atoms with Crippen LogP contribution in [0, 0.1) is 0 Å². The fourth-order valence-corrected chi connectivity index (χ4v) is 2.34. The number of carboxylic acid groups (broad SMARTS) is 1. The molecule has 0 aliphatic carbocycles. The van der Waals surface area contributed by atoms with Gasteiger partial charge >= 0.3 is 5.97 Å². The van der Waals surface area contributed by atoms with Crippen molar-refractivity contribution in [3.8, 4) is 11.4 Å². The van der Waals surface area contributed by atoms with Gasteiger partial charge in [-0.1, -0.05) is 18.2 Å². The van der Waals surface area contributed by atoms with Crippen LogP contribution in [0.2, 0.25) is 0 Å². The van der Waals surface area contributed by atoms with E-state index in [2.05, 4.69) is 5.10 Å². The Hall–Kier alpha value is -2.82. The molecule has 0 fully saturated rings. The van der Waals surface area contributed by atoms with Crippen LogP contribution in [0.5, 0.6) is 5.75 Å². The van der Waals surface area contributed by atoms with Crippen LogP contribution >= 0.6 is 0 Å². The van der Waals surface area contributed by atoms with E-state index in [0.29, 0.717) is 11.4 Å². The topological polar surface area (TPSA) is 64.4 Å². The molecular formula is C16H14N2O3. The van der Waals surface area contributed by atoms with Crippen molar-refractivity contribution in [1.29, 1.82) is 0 Å². The Morgan fingerprint density at radius 2 is 2.00 bits per heavy atom. The van der Waals surface area contributed by atoms with Gasteiger partial charge in [-0.25, -0.2) is 4.68 Å². The third-order valence-corrected chi connectivity index (χ3v) is 3.30. The largest absolute Gasteiger partial charge is 0.497 e. The lowest BCUT2D eigenvalue weighted by Gasteiger charge is -2.06. The minimum Gasteiger partial charge on any atom is -0.497 e. The smallest absolute Gasteiger partial charge is 0.309 e. The first kappa shape index (κ1) is 13.2. The SMILES string of the molecule is COc1ccc2nn(-c3ccccc3)c(CC(=O)O)c2c1. The second kappa shape index (κ2) is 5.28. The number of carboxylic acids is 1. The van der Waals surface area contributed by atoms with Crippen molar-refractivity contribution >= 4 is 16.9 Å². The lowest BCUT2D eigenvalue weighted by atomic mass is 10.1. The van der Waals surface area contributed by atoms with Crippen molar-refractivity contribution in [2.45, 2.75) is 6.42 Å². The summed E-state index contributed by atoms with van der Waals surface area (Å²) >= 11 is 0. The molecule has 0 spiro atoms. The number of benzene rings is 2. The number of rotatable bonds is 4. The van der Waals surface area contributed by atoms with Crippen LogP contribution in [0.25, 0.3) is 16.6 Å². The molecule has 1 N–H and O–H groups in total. The van der Waals surface area contributed by atoms with Crippen LogP contribution in [0.1, 0.15) is 5.69 Å². The number of fused-ring (bicyclic) bond motifs is 1. The first-order chi connectivity index (χ1) is 10.2. The number of aliphatic carboxylic acids is 1. The maximum atomic E-state index is 11.2. The van der Waals surface area contributed by atoms with E-state index in [1.54, 1.807) is 11.8 Å². The Bertz CT molecular complexity index is 794. The molecule has 0 saturated carbocycles. The van der Waals surface area contributed by atoms with Crippen LogP contribution in [-0.4, -0.2) is 28.0 Å². The number of hydrogen-bond donors (Lipinski definition) is 1. The van der Waals surface area contributed by atoms with E-state index in [-0.39, 0.29) is 6.42 Å². The van der Waals surface area contributed by atoms with Gasteiger partial charge in [0.05, 0.1) is 30.4 Å². The van der Waals surface area contributed by atoms with Gasteiger partial charge in [0, 0.05) is 5.39 Å². The lowest BCUT2D eigenvalue weighted by molar-refractivity contribution is -0.136. The molecule has 0 unspecified atom stereocenters. The first-order valence-corrected chi connectivity index (χ1v) is 6.52. The summed E-state index contributed by atoms with van der Waals surface area (Å²) in [4.78, 5) is 11.2. The average Bonchev–Trinajstić information content (AvgIpc) is 2.85. The summed E-state index contributed by atoms with van der Waals surface area (Å²) in [5, 5.41) is 14.5. The quantitative estimate of drug-likeness (QED) is 0.799. The minimum atomic E-state index is -0.892. The number of nitrogens with zero attached hydrogens (tertiary/aromatic N) is 2. The van der Waals surface area contributed by atoms with Crippen molar-refractivity contribution in [3.05, 3.63) is 54.2 Å². The summed E-state index contributed by atoms with van der Waals surface area (Å²) in [7, 11) is 1.58. The zero-order chi connectivity index (χ0) is 14.8. The third kappa shape index (κ3) is 2.45. The number of carbonyl (C=O) groups is 1. The van der Waals surface area contributed by atoms with E-state index >= 15 is 0 Å². The molecule has 5 heteroatoms. The summed E-state index contributed by atoms with van der Waals surface area (Å²) in [5.41, 5.74) is 2.22. The summed E-state index contributed by atoms with van der Waals surface area (Å²) in [6.07, 6.45) is -0.0986.